The van der Waals surface area contributed by atoms with Crippen LogP contribution in [0.3, 0.4) is 0 Å². The average molecular weight is 716 g/mol. The van der Waals surface area contributed by atoms with Gasteiger partial charge in [-0.2, -0.15) is 0 Å². The van der Waals surface area contributed by atoms with Gasteiger partial charge in [-0.1, -0.05) is 146 Å². The van der Waals surface area contributed by atoms with Gasteiger partial charge in [0.1, 0.15) is 11.2 Å². The molecule has 11 aromatic rings. The standard InChI is InChI=1S/C52H33N3O/c1-3-12-34(13-4-1)37-14-11-15-38(30-37)35-22-24-36(25-23-35)46-33-47(39-26-29-45-44-19-8-10-21-50(44)56-51(45)32-39)54-52(53-46)40-27-28-43-42-18-7-9-20-48(42)55(49(43)31-40)41-16-5-2-6-17-41/h1-33H. The first kappa shape index (κ1) is 31.9. The van der Waals surface area contributed by atoms with Crippen LogP contribution in [0.15, 0.2) is 205 Å². The van der Waals surface area contributed by atoms with Crippen molar-refractivity contribution < 1.29 is 4.42 Å². The van der Waals surface area contributed by atoms with E-state index in [9.17, 15) is 0 Å². The molecule has 0 atom stereocenters. The maximum absolute atomic E-state index is 6.32. The number of hydrogen-bond acceptors (Lipinski definition) is 3. The lowest BCUT2D eigenvalue weighted by Gasteiger charge is -2.12. The Morgan fingerprint density at radius 2 is 0.875 bits per heavy atom. The maximum atomic E-state index is 6.32. The van der Waals surface area contributed by atoms with Crippen LogP contribution in [0, 0.1) is 0 Å². The third-order valence-electron chi connectivity index (χ3n) is 10.8. The largest absolute Gasteiger partial charge is 0.456 e. The zero-order chi connectivity index (χ0) is 37.0. The van der Waals surface area contributed by atoms with Gasteiger partial charge in [0.2, 0.25) is 0 Å². The van der Waals surface area contributed by atoms with Crippen LogP contribution >= 0.6 is 0 Å². The van der Waals surface area contributed by atoms with Crippen LogP contribution in [0.1, 0.15) is 0 Å². The molecule has 0 saturated heterocycles. The topological polar surface area (TPSA) is 43.9 Å². The second kappa shape index (κ2) is 13.1. The van der Waals surface area contributed by atoms with Crippen LogP contribution < -0.4 is 0 Å². The highest BCUT2D eigenvalue weighted by atomic mass is 16.3. The van der Waals surface area contributed by atoms with E-state index in [4.69, 9.17) is 14.4 Å². The van der Waals surface area contributed by atoms with Crippen LogP contribution in [0.5, 0.6) is 0 Å². The van der Waals surface area contributed by atoms with Crippen molar-refractivity contribution in [2.24, 2.45) is 0 Å². The van der Waals surface area contributed by atoms with Crippen molar-refractivity contribution >= 4 is 43.7 Å². The van der Waals surface area contributed by atoms with Gasteiger partial charge < -0.3 is 8.98 Å². The molecule has 0 aliphatic carbocycles. The van der Waals surface area contributed by atoms with Gasteiger partial charge in [0, 0.05) is 43.9 Å². The van der Waals surface area contributed by atoms with Crippen molar-refractivity contribution in [3.63, 3.8) is 0 Å². The van der Waals surface area contributed by atoms with Crippen LogP contribution in [0.2, 0.25) is 0 Å². The molecule has 4 nitrogen and oxygen atoms in total. The Balaban J connectivity index is 1.06. The van der Waals surface area contributed by atoms with Crippen LogP contribution in [-0.2, 0) is 0 Å². The molecule has 8 aromatic carbocycles. The summed E-state index contributed by atoms with van der Waals surface area (Å²) in [6, 6.07) is 70.3. The summed E-state index contributed by atoms with van der Waals surface area (Å²) in [6.45, 7) is 0. The van der Waals surface area contributed by atoms with E-state index in [1.54, 1.807) is 0 Å². The molecule has 0 amide bonds. The SMILES string of the molecule is c1ccc(-c2cccc(-c3ccc(-c4cc(-c5ccc6c(c5)oc5ccccc56)nc(-c5ccc6c7ccccc7n(-c7ccccc7)c6c5)n4)cc3)c2)cc1. The molecule has 0 spiro atoms. The Bertz CT molecular complexity index is 3230. The quantitative estimate of drug-likeness (QED) is 0.172. The molecular weight excluding hydrogens is 683 g/mol. The highest BCUT2D eigenvalue weighted by molar-refractivity contribution is 6.10. The third-order valence-corrected chi connectivity index (χ3v) is 10.8. The van der Waals surface area contributed by atoms with Crippen molar-refractivity contribution in [1.82, 2.24) is 14.5 Å². The molecule has 4 heteroatoms. The highest BCUT2D eigenvalue weighted by Gasteiger charge is 2.17. The molecule has 11 rings (SSSR count). The number of benzene rings is 8. The fourth-order valence-corrected chi connectivity index (χ4v) is 8.06. The highest BCUT2D eigenvalue weighted by Crippen LogP contribution is 2.37. The number of nitrogens with zero attached hydrogens (tertiary/aromatic N) is 3. The first-order valence-electron chi connectivity index (χ1n) is 18.9. The molecule has 0 unspecified atom stereocenters. The summed E-state index contributed by atoms with van der Waals surface area (Å²) in [4.78, 5) is 10.5. The zero-order valence-electron chi connectivity index (χ0n) is 30.3. The van der Waals surface area contributed by atoms with Crippen molar-refractivity contribution in [3.05, 3.63) is 200 Å². The molecule has 0 N–H and O–H groups in total. The predicted molar refractivity (Wildman–Crippen MR) is 231 cm³/mol. The normalized spacial score (nSPS) is 11.6. The van der Waals surface area contributed by atoms with Gasteiger partial charge in [-0.05, 0) is 76.9 Å². The van der Waals surface area contributed by atoms with Crippen molar-refractivity contribution in [1.29, 1.82) is 0 Å². The Kier molecular flexibility index (Phi) is 7.46. The Hall–Kier alpha value is -7.56. The molecule has 3 heterocycles. The average Bonchev–Trinajstić information content (AvgIpc) is 3.82. The first-order valence-corrected chi connectivity index (χ1v) is 18.9. The smallest absolute Gasteiger partial charge is 0.160 e. The maximum Gasteiger partial charge on any atom is 0.160 e. The van der Waals surface area contributed by atoms with Crippen LogP contribution in [0.4, 0.5) is 0 Å². The number of hydrogen-bond donors (Lipinski definition) is 0. The second-order valence-electron chi connectivity index (χ2n) is 14.2. The van der Waals surface area contributed by atoms with E-state index in [-0.39, 0.29) is 0 Å². The number of furan rings is 1. The van der Waals surface area contributed by atoms with E-state index in [1.807, 2.05) is 18.2 Å². The molecule has 0 bridgehead atoms. The van der Waals surface area contributed by atoms with Crippen LogP contribution in [-0.4, -0.2) is 14.5 Å². The Labute approximate surface area is 323 Å². The number of rotatable bonds is 6. The summed E-state index contributed by atoms with van der Waals surface area (Å²) in [5, 5.41) is 4.59. The fourth-order valence-electron chi connectivity index (χ4n) is 8.06. The van der Waals surface area contributed by atoms with Crippen molar-refractivity contribution in [2.75, 3.05) is 0 Å². The molecule has 3 aromatic heterocycles. The molecular formula is C52H33N3O. The number of para-hydroxylation sites is 3. The van der Waals surface area contributed by atoms with Gasteiger partial charge in [0.05, 0.1) is 22.4 Å². The van der Waals surface area contributed by atoms with Gasteiger partial charge in [0.25, 0.3) is 0 Å². The summed E-state index contributed by atoms with van der Waals surface area (Å²) < 4.78 is 8.66. The molecule has 0 saturated carbocycles. The lowest BCUT2D eigenvalue weighted by Crippen LogP contribution is -1.97. The van der Waals surface area contributed by atoms with Gasteiger partial charge in [-0.25, -0.2) is 9.97 Å². The Morgan fingerprint density at radius 1 is 0.321 bits per heavy atom. The second-order valence-corrected chi connectivity index (χ2v) is 14.2. The summed E-state index contributed by atoms with van der Waals surface area (Å²) in [6.07, 6.45) is 0. The molecule has 0 radical (unpaired) electrons. The Morgan fingerprint density at radius 3 is 1.68 bits per heavy atom. The minimum Gasteiger partial charge on any atom is -0.456 e. The van der Waals surface area contributed by atoms with Crippen LogP contribution in [0.25, 0.3) is 106 Å². The van der Waals surface area contributed by atoms with E-state index in [0.717, 1.165) is 72.3 Å². The van der Waals surface area contributed by atoms with E-state index in [2.05, 4.69) is 187 Å². The van der Waals surface area contributed by atoms with Gasteiger partial charge in [-0.15, -0.1) is 0 Å². The lowest BCUT2D eigenvalue weighted by atomic mass is 9.98. The minimum absolute atomic E-state index is 0.661. The molecule has 0 aliphatic heterocycles. The van der Waals surface area contributed by atoms with E-state index in [1.165, 1.54) is 27.5 Å². The van der Waals surface area contributed by atoms with Gasteiger partial charge in [0.15, 0.2) is 5.82 Å². The minimum atomic E-state index is 0.661. The van der Waals surface area contributed by atoms with Gasteiger partial charge in [-0.3, -0.25) is 0 Å². The monoisotopic (exact) mass is 715 g/mol. The molecule has 262 valence electrons. The fraction of sp³-hybridized carbons (Fsp3) is 0. The zero-order valence-corrected chi connectivity index (χ0v) is 30.3. The molecule has 0 fully saturated rings. The number of fused-ring (bicyclic) bond motifs is 6. The van der Waals surface area contributed by atoms with Crippen molar-refractivity contribution in [2.45, 2.75) is 0 Å². The lowest BCUT2D eigenvalue weighted by molar-refractivity contribution is 0.669. The summed E-state index contributed by atoms with van der Waals surface area (Å²) in [5.41, 5.74) is 14.4. The first-order chi connectivity index (χ1) is 27.7. The summed E-state index contributed by atoms with van der Waals surface area (Å²) >= 11 is 0. The molecule has 0 aliphatic rings. The number of aromatic nitrogens is 3. The third kappa shape index (κ3) is 5.47. The predicted octanol–water partition coefficient (Wildman–Crippen LogP) is 13.8. The summed E-state index contributed by atoms with van der Waals surface area (Å²) in [7, 11) is 0. The van der Waals surface area contributed by atoms with E-state index >= 15 is 0 Å². The van der Waals surface area contributed by atoms with Crippen molar-refractivity contribution in [3.8, 4) is 61.8 Å². The van der Waals surface area contributed by atoms with Gasteiger partial charge >= 0.3 is 0 Å². The molecule has 56 heavy (non-hydrogen) atoms. The van der Waals surface area contributed by atoms with E-state index < -0.39 is 0 Å². The van der Waals surface area contributed by atoms with E-state index in [0.29, 0.717) is 5.82 Å². The summed E-state index contributed by atoms with van der Waals surface area (Å²) in [5.74, 6) is 0.661.